The van der Waals surface area contributed by atoms with E-state index in [0.717, 1.165) is 5.56 Å². The highest BCUT2D eigenvalue weighted by Crippen LogP contribution is 2.19. The Labute approximate surface area is 82.2 Å². The van der Waals surface area contributed by atoms with Gasteiger partial charge in [-0.05, 0) is 24.6 Å². The molecule has 4 nitrogen and oxygen atoms in total. The summed E-state index contributed by atoms with van der Waals surface area (Å²) in [5, 5.41) is 24.0. The Morgan fingerprint density at radius 2 is 2.00 bits per heavy atom. The Bertz CT molecular complexity index is 386. The van der Waals surface area contributed by atoms with Gasteiger partial charge in [0.2, 0.25) is 5.90 Å². The Morgan fingerprint density at radius 3 is 2.50 bits per heavy atom. The molecule has 3 N–H and O–H groups in total. The predicted molar refractivity (Wildman–Crippen MR) is 54.2 cm³/mol. The van der Waals surface area contributed by atoms with Crippen LogP contribution in [0, 0.1) is 17.7 Å². The van der Waals surface area contributed by atoms with Crippen LogP contribution >= 0.6 is 0 Å². The molecule has 0 amide bonds. The molecule has 4 heteroatoms. The van der Waals surface area contributed by atoms with Crippen LogP contribution in [0.25, 0.3) is 0 Å². The molecule has 0 fully saturated rings. The minimum atomic E-state index is -0.213. The summed E-state index contributed by atoms with van der Waals surface area (Å²) >= 11 is 0. The first-order chi connectivity index (χ1) is 6.50. The molecule has 0 radical (unpaired) electrons. The van der Waals surface area contributed by atoms with Crippen LogP contribution in [0.15, 0.2) is 18.2 Å². The van der Waals surface area contributed by atoms with Crippen molar-refractivity contribution in [2.75, 3.05) is 0 Å². The average Bonchev–Trinajstić information content (AvgIpc) is 2.01. The average molecular weight is 192 g/mol. The number of hydrogen-bond acceptors (Lipinski definition) is 4. The molecule has 14 heavy (non-hydrogen) atoms. The van der Waals surface area contributed by atoms with Crippen molar-refractivity contribution < 1.29 is 9.84 Å². The van der Waals surface area contributed by atoms with Gasteiger partial charge in [0.1, 0.15) is 5.75 Å². The van der Waals surface area contributed by atoms with Crippen LogP contribution in [0.5, 0.6) is 5.75 Å². The third kappa shape index (κ3) is 2.32. The first-order valence-corrected chi connectivity index (χ1v) is 4.12. The zero-order valence-corrected chi connectivity index (χ0v) is 8.09. The van der Waals surface area contributed by atoms with Crippen LogP contribution in [0.2, 0.25) is 0 Å². The van der Waals surface area contributed by atoms with Gasteiger partial charge in [-0.2, -0.15) is 0 Å². The number of ether oxygens (including phenoxy) is 1. The lowest BCUT2D eigenvalue weighted by atomic mass is 10.1. The van der Waals surface area contributed by atoms with Gasteiger partial charge in [0.15, 0.2) is 5.90 Å². The van der Waals surface area contributed by atoms with Crippen molar-refractivity contribution in [3.05, 3.63) is 29.3 Å². The van der Waals surface area contributed by atoms with E-state index in [9.17, 15) is 5.11 Å². The molecule has 0 aliphatic heterocycles. The van der Waals surface area contributed by atoms with E-state index in [4.69, 9.17) is 15.6 Å². The van der Waals surface area contributed by atoms with E-state index in [1.165, 1.54) is 6.92 Å². The van der Waals surface area contributed by atoms with Crippen LogP contribution in [0.1, 0.15) is 18.1 Å². The normalized spacial score (nSPS) is 9.57. The quantitative estimate of drug-likeness (QED) is 0.470. The number of hydrogen-bond donors (Lipinski definition) is 3. The summed E-state index contributed by atoms with van der Waals surface area (Å²) in [5.41, 5.74) is 1.20. The highest BCUT2D eigenvalue weighted by atomic mass is 16.5. The SMILES string of the molecule is CC(=N)OC(=N)c1ccc(C)cc1O. The second kappa shape index (κ2) is 3.91. The number of aromatic hydroxyl groups is 1. The van der Waals surface area contributed by atoms with Crippen LogP contribution in [-0.2, 0) is 4.74 Å². The fourth-order valence-corrected chi connectivity index (χ4v) is 1.04. The van der Waals surface area contributed by atoms with E-state index in [1.807, 2.05) is 6.92 Å². The summed E-state index contributed by atoms with van der Waals surface area (Å²) in [6, 6.07) is 4.91. The molecule has 1 rings (SSSR count). The lowest BCUT2D eigenvalue weighted by Crippen LogP contribution is -2.08. The first-order valence-electron chi connectivity index (χ1n) is 4.12. The van der Waals surface area contributed by atoms with Crippen LogP contribution in [0.3, 0.4) is 0 Å². The lowest BCUT2D eigenvalue weighted by molar-refractivity contribution is 0.466. The molecule has 0 bridgehead atoms. The van der Waals surface area contributed by atoms with Crippen molar-refractivity contribution >= 4 is 11.8 Å². The molecule has 1 aromatic rings. The van der Waals surface area contributed by atoms with Gasteiger partial charge in [-0.3, -0.25) is 10.8 Å². The molecular weight excluding hydrogens is 180 g/mol. The molecule has 0 saturated carbocycles. The lowest BCUT2D eigenvalue weighted by Gasteiger charge is -2.07. The molecule has 0 unspecified atom stereocenters. The number of rotatable bonds is 1. The summed E-state index contributed by atoms with van der Waals surface area (Å²) in [6.45, 7) is 3.27. The van der Waals surface area contributed by atoms with E-state index in [0.29, 0.717) is 5.56 Å². The van der Waals surface area contributed by atoms with Gasteiger partial charge in [-0.15, -0.1) is 0 Å². The van der Waals surface area contributed by atoms with E-state index >= 15 is 0 Å². The van der Waals surface area contributed by atoms with Gasteiger partial charge < -0.3 is 9.84 Å². The molecular formula is C10H12N2O2. The van der Waals surface area contributed by atoms with Crippen LogP contribution in [0.4, 0.5) is 0 Å². The van der Waals surface area contributed by atoms with E-state index in [2.05, 4.69) is 0 Å². The third-order valence-corrected chi connectivity index (χ3v) is 1.65. The van der Waals surface area contributed by atoms with Crippen molar-refractivity contribution in [3.8, 4) is 5.75 Å². The van der Waals surface area contributed by atoms with Gasteiger partial charge in [-0.25, -0.2) is 0 Å². The highest BCUT2D eigenvalue weighted by Gasteiger charge is 2.09. The summed E-state index contributed by atoms with van der Waals surface area (Å²) in [6.07, 6.45) is 0. The van der Waals surface area contributed by atoms with Gasteiger partial charge >= 0.3 is 0 Å². The Hall–Kier alpha value is -1.84. The van der Waals surface area contributed by atoms with Gasteiger partial charge in [0.25, 0.3) is 0 Å². The molecule has 0 atom stereocenters. The molecule has 74 valence electrons. The largest absolute Gasteiger partial charge is 0.507 e. The zero-order valence-electron chi connectivity index (χ0n) is 8.09. The first kappa shape index (κ1) is 10.2. The molecule has 1 aromatic carbocycles. The number of phenols is 1. The summed E-state index contributed by atoms with van der Waals surface area (Å²) in [5.74, 6) is -0.291. The van der Waals surface area contributed by atoms with Gasteiger partial charge in [0, 0.05) is 6.92 Å². The number of phenolic OH excluding ortho intramolecular Hbond substituents is 1. The van der Waals surface area contributed by atoms with Crippen LogP contribution in [-0.4, -0.2) is 16.9 Å². The van der Waals surface area contributed by atoms with Gasteiger partial charge in [-0.1, -0.05) is 6.07 Å². The van der Waals surface area contributed by atoms with E-state index < -0.39 is 0 Å². The molecule has 0 aliphatic rings. The monoisotopic (exact) mass is 192 g/mol. The minimum absolute atomic E-state index is 0.00347. The molecule has 0 saturated heterocycles. The minimum Gasteiger partial charge on any atom is -0.507 e. The third-order valence-electron chi connectivity index (χ3n) is 1.65. The predicted octanol–water partition coefficient (Wildman–Crippen LogP) is 2.04. The van der Waals surface area contributed by atoms with Gasteiger partial charge in [0.05, 0.1) is 5.56 Å². The fraction of sp³-hybridized carbons (Fsp3) is 0.200. The summed E-state index contributed by atoms with van der Waals surface area (Å²) in [7, 11) is 0. The summed E-state index contributed by atoms with van der Waals surface area (Å²) < 4.78 is 4.76. The topological polar surface area (TPSA) is 77.2 Å². The Morgan fingerprint density at radius 1 is 1.36 bits per heavy atom. The van der Waals surface area contributed by atoms with E-state index in [1.54, 1.807) is 18.2 Å². The molecule has 0 aromatic heterocycles. The van der Waals surface area contributed by atoms with Crippen molar-refractivity contribution in [1.82, 2.24) is 0 Å². The fourth-order valence-electron chi connectivity index (χ4n) is 1.04. The second-order valence-corrected chi connectivity index (χ2v) is 3.01. The molecule has 0 spiro atoms. The number of nitrogens with one attached hydrogen (secondary N) is 2. The summed E-state index contributed by atoms with van der Waals surface area (Å²) in [4.78, 5) is 0. The Kier molecular flexibility index (Phi) is 2.86. The number of aryl methyl sites for hydroxylation is 1. The standard InChI is InChI=1S/C10H12N2O2/c1-6-3-4-8(9(13)5-6)10(12)14-7(2)11/h3-5,11-13H,1-2H3. The van der Waals surface area contributed by atoms with Crippen LogP contribution < -0.4 is 0 Å². The highest BCUT2D eigenvalue weighted by molar-refractivity contribution is 6.00. The number of benzene rings is 1. The zero-order chi connectivity index (χ0) is 10.7. The maximum Gasteiger partial charge on any atom is 0.224 e. The van der Waals surface area contributed by atoms with Crippen molar-refractivity contribution in [1.29, 1.82) is 10.8 Å². The smallest absolute Gasteiger partial charge is 0.224 e. The van der Waals surface area contributed by atoms with Crippen molar-refractivity contribution in [3.63, 3.8) is 0 Å². The Balaban J connectivity index is 2.96. The van der Waals surface area contributed by atoms with E-state index in [-0.39, 0.29) is 17.5 Å². The maximum atomic E-state index is 9.48. The molecule has 0 heterocycles. The molecule has 0 aliphatic carbocycles. The second-order valence-electron chi connectivity index (χ2n) is 3.01. The van der Waals surface area contributed by atoms with Crippen molar-refractivity contribution in [2.45, 2.75) is 13.8 Å². The maximum absolute atomic E-state index is 9.48. The van der Waals surface area contributed by atoms with Crippen molar-refractivity contribution in [2.24, 2.45) is 0 Å².